The van der Waals surface area contributed by atoms with Gasteiger partial charge >= 0.3 is 0 Å². The van der Waals surface area contributed by atoms with Gasteiger partial charge in [0.1, 0.15) is 5.75 Å². The summed E-state index contributed by atoms with van der Waals surface area (Å²) in [5, 5.41) is 0.421. The molecule has 2 aromatic carbocycles. The molecule has 0 spiro atoms. The molecule has 0 N–H and O–H groups in total. The van der Waals surface area contributed by atoms with Crippen LogP contribution in [0.15, 0.2) is 42.5 Å². The quantitative estimate of drug-likeness (QED) is 0.690. The molecule has 0 unspecified atom stereocenters. The monoisotopic (exact) mass is 469 g/mol. The predicted octanol–water partition coefficient (Wildman–Crippen LogP) is 2.73. The molecule has 0 aliphatic carbocycles. The summed E-state index contributed by atoms with van der Waals surface area (Å²) in [4.78, 5) is 43.9. The second-order valence-electron chi connectivity index (χ2n) is 8.24. The highest BCUT2D eigenvalue weighted by atomic mass is 35.5. The number of benzene rings is 2. The van der Waals surface area contributed by atoms with Crippen LogP contribution in [-0.4, -0.2) is 68.1 Å². The number of carbonyl (C=O) groups excluding carboxylic acids is 3. The highest BCUT2D eigenvalue weighted by molar-refractivity contribution is 6.34. The Kier molecular flexibility index (Phi) is 5.95. The highest BCUT2D eigenvalue weighted by Crippen LogP contribution is 2.36. The van der Waals surface area contributed by atoms with Crippen molar-refractivity contribution in [2.24, 2.45) is 0 Å². The Morgan fingerprint density at radius 2 is 1.79 bits per heavy atom. The average Bonchev–Trinajstić information content (AvgIpc) is 3.28. The second-order valence-corrected chi connectivity index (χ2v) is 8.65. The molecule has 172 valence electrons. The average molecular weight is 470 g/mol. The van der Waals surface area contributed by atoms with Crippen LogP contribution in [0.25, 0.3) is 0 Å². The molecule has 3 aliphatic heterocycles. The number of amides is 3. The number of morpholine rings is 1. The molecular weight excluding hydrogens is 446 g/mol. The van der Waals surface area contributed by atoms with Gasteiger partial charge in [-0.2, -0.15) is 0 Å². The lowest BCUT2D eigenvalue weighted by atomic mass is 10.1. The number of hydrogen-bond acceptors (Lipinski definition) is 5. The smallest absolute Gasteiger partial charge is 0.265 e. The Morgan fingerprint density at radius 3 is 2.55 bits per heavy atom. The third-order valence-corrected chi connectivity index (χ3v) is 6.49. The maximum absolute atomic E-state index is 13.6. The van der Waals surface area contributed by atoms with E-state index in [4.69, 9.17) is 21.1 Å². The first-order chi connectivity index (χ1) is 16.0. The molecule has 5 rings (SSSR count). The van der Waals surface area contributed by atoms with Gasteiger partial charge in [-0.25, -0.2) is 0 Å². The summed E-state index contributed by atoms with van der Waals surface area (Å²) >= 11 is 6.36. The Bertz CT molecular complexity index is 1100. The van der Waals surface area contributed by atoms with Gasteiger partial charge in [-0.3, -0.25) is 14.4 Å². The van der Waals surface area contributed by atoms with Crippen LogP contribution in [0.1, 0.15) is 23.2 Å². The zero-order chi connectivity index (χ0) is 22.9. The molecule has 33 heavy (non-hydrogen) atoms. The summed E-state index contributed by atoms with van der Waals surface area (Å²) in [7, 11) is 0. The standard InChI is InChI=1S/C24H24ClN3O5/c25-17-8-7-16(14-19(17)27-9-3-6-22(27)29)23(30)28-15-21(24(31)26-10-12-32-13-11-26)33-20-5-2-1-4-18(20)28/h1-2,4-5,7-8,14,21H,3,6,9-13,15H2/t21-/m1/s1. The van der Waals surface area contributed by atoms with Gasteiger partial charge in [-0.05, 0) is 36.8 Å². The largest absolute Gasteiger partial charge is 0.476 e. The number of para-hydroxylation sites is 2. The molecular formula is C24H24ClN3O5. The van der Waals surface area contributed by atoms with Gasteiger partial charge in [0.2, 0.25) is 5.91 Å². The van der Waals surface area contributed by atoms with Gasteiger partial charge in [-0.1, -0.05) is 23.7 Å². The molecule has 0 bridgehead atoms. The number of carbonyl (C=O) groups is 3. The van der Waals surface area contributed by atoms with E-state index in [0.29, 0.717) is 67.0 Å². The minimum Gasteiger partial charge on any atom is -0.476 e. The lowest BCUT2D eigenvalue weighted by molar-refractivity contribution is -0.142. The number of fused-ring (bicyclic) bond motifs is 1. The first-order valence-corrected chi connectivity index (χ1v) is 11.4. The zero-order valence-electron chi connectivity index (χ0n) is 18.0. The van der Waals surface area contributed by atoms with Crippen molar-refractivity contribution in [1.82, 2.24) is 4.90 Å². The maximum Gasteiger partial charge on any atom is 0.265 e. The number of halogens is 1. The Hall–Kier alpha value is -3.10. The van der Waals surface area contributed by atoms with Crippen molar-refractivity contribution in [2.75, 3.05) is 49.2 Å². The fraction of sp³-hybridized carbons (Fsp3) is 0.375. The van der Waals surface area contributed by atoms with Crippen molar-refractivity contribution >= 4 is 40.7 Å². The molecule has 3 amide bonds. The van der Waals surface area contributed by atoms with Gasteiger partial charge in [0.05, 0.1) is 36.2 Å². The van der Waals surface area contributed by atoms with Crippen LogP contribution in [0, 0.1) is 0 Å². The SMILES string of the molecule is O=C([C@H]1CN(C(=O)c2ccc(Cl)c(N3CCCC3=O)c2)c2ccccc2O1)N1CCOCC1. The summed E-state index contributed by atoms with van der Waals surface area (Å²) in [5.41, 5.74) is 1.53. The molecule has 0 saturated carbocycles. The summed E-state index contributed by atoms with van der Waals surface area (Å²) in [5.74, 6) is 0.0298. The van der Waals surface area contributed by atoms with E-state index in [-0.39, 0.29) is 24.3 Å². The second kappa shape index (κ2) is 9.03. The Morgan fingerprint density at radius 1 is 1.00 bits per heavy atom. The fourth-order valence-corrected chi connectivity index (χ4v) is 4.67. The van der Waals surface area contributed by atoms with Crippen LogP contribution in [0.4, 0.5) is 11.4 Å². The number of rotatable bonds is 3. The highest BCUT2D eigenvalue weighted by Gasteiger charge is 2.37. The van der Waals surface area contributed by atoms with Crippen LogP contribution >= 0.6 is 11.6 Å². The molecule has 3 heterocycles. The summed E-state index contributed by atoms with van der Waals surface area (Å²) < 4.78 is 11.3. The summed E-state index contributed by atoms with van der Waals surface area (Å²) in [6.45, 7) is 2.64. The number of ether oxygens (including phenoxy) is 2. The molecule has 3 aliphatic rings. The van der Waals surface area contributed by atoms with Crippen molar-refractivity contribution < 1.29 is 23.9 Å². The van der Waals surface area contributed by atoms with E-state index in [1.165, 1.54) is 0 Å². The molecule has 2 fully saturated rings. The number of nitrogens with zero attached hydrogens (tertiary/aromatic N) is 3. The minimum absolute atomic E-state index is 0.00520. The molecule has 0 aromatic heterocycles. The topological polar surface area (TPSA) is 79.4 Å². The number of hydrogen-bond donors (Lipinski definition) is 0. The van der Waals surface area contributed by atoms with Crippen LogP contribution in [0.5, 0.6) is 5.75 Å². The van der Waals surface area contributed by atoms with E-state index in [1.54, 1.807) is 45.0 Å². The third kappa shape index (κ3) is 4.16. The van der Waals surface area contributed by atoms with Gasteiger partial charge in [0.25, 0.3) is 11.8 Å². The molecule has 8 nitrogen and oxygen atoms in total. The first-order valence-electron chi connectivity index (χ1n) is 11.1. The van der Waals surface area contributed by atoms with E-state index in [2.05, 4.69) is 0 Å². The zero-order valence-corrected chi connectivity index (χ0v) is 18.8. The van der Waals surface area contributed by atoms with Crippen molar-refractivity contribution in [3.63, 3.8) is 0 Å². The molecule has 9 heteroatoms. The minimum atomic E-state index is -0.811. The van der Waals surface area contributed by atoms with Crippen LogP contribution in [0.2, 0.25) is 5.02 Å². The van der Waals surface area contributed by atoms with Gasteiger partial charge in [-0.15, -0.1) is 0 Å². The molecule has 2 saturated heterocycles. The summed E-state index contributed by atoms with van der Waals surface area (Å²) in [6, 6.07) is 12.1. The van der Waals surface area contributed by atoms with Crippen LogP contribution < -0.4 is 14.5 Å². The van der Waals surface area contributed by atoms with Gasteiger partial charge < -0.3 is 24.2 Å². The predicted molar refractivity (Wildman–Crippen MR) is 123 cm³/mol. The van der Waals surface area contributed by atoms with E-state index < -0.39 is 6.10 Å². The van der Waals surface area contributed by atoms with Gasteiger partial charge in [0.15, 0.2) is 6.10 Å². The van der Waals surface area contributed by atoms with E-state index in [1.807, 2.05) is 12.1 Å². The van der Waals surface area contributed by atoms with E-state index in [9.17, 15) is 14.4 Å². The summed E-state index contributed by atoms with van der Waals surface area (Å²) in [6.07, 6.45) is 0.417. The van der Waals surface area contributed by atoms with E-state index in [0.717, 1.165) is 6.42 Å². The van der Waals surface area contributed by atoms with Gasteiger partial charge in [0, 0.05) is 31.6 Å². The fourth-order valence-electron chi connectivity index (χ4n) is 4.45. The van der Waals surface area contributed by atoms with Crippen LogP contribution in [-0.2, 0) is 14.3 Å². The molecule has 1 atom stereocenters. The first kappa shape index (κ1) is 21.7. The maximum atomic E-state index is 13.6. The van der Waals surface area contributed by atoms with Crippen LogP contribution in [0.3, 0.4) is 0 Å². The Labute approximate surface area is 196 Å². The molecule has 2 aromatic rings. The van der Waals surface area contributed by atoms with Crippen molar-refractivity contribution in [3.05, 3.63) is 53.1 Å². The van der Waals surface area contributed by atoms with Crippen molar-refractivity contribution in [1.29, 1.82) is 0 Å². The van der Waals surface area contributed by atoms with E-state index >= 15 is 0 Å². The lowest BCUT2D eigenvalue weighted by Gasteiger charge is -2.37. The molecule has 0 radical (unpaired) electrons. The van der Waals surface area contributed by atoms with Crippen molar-refractivity contribution in [3.8, 4) is 5.75 Å². The normalized spacial score (nSPS) is 20.5. The lowest BCUT2D eigenvalue weighted by Crippen LogP contribution is -2.54. The number of anilines is 2. The third-order valence-electron chi connectivity index (χ3n) is 6.17. The Balaban J connectivity index is 1.45. The van der Waals surface area contributed by atoms with Crippen molar-refractivity contribution in [2.45, 2.75) is 18.9 Å².